The van der Waals surface area contributed by atoms with Crippen molar-refractivity contribution in [3.63, 3.8) is 0 Å². The van der Waals surface area contributed by atoms with Gasteiger partial charge in [0.05, 0.1) is 4.88 Å². The van der Waals surface area contributed by atoms with Crippen molar-refractivity contribution in [1.82, 2.24) is 0 Å². The summed E-state index contributed by atoms with van der Waals surface area (Å²) < 4.78 is 0. The maximum absolute atomic E-state index is 5.59. The number of nitrogens with zero attached hydrogens (tertiary/aromatic N) is 1. The first-order valence-electron chi connectivity index (χ1n) is 3.96. The highest BCUT2D eigenvalue weighted by Gasteiger charge is 2.15. The van der Waals surface area contributed by atoms with Gasteiger partial charge in [-0.05, 0) is 30.9 Å². The molecule has 0 aromatic carbocycles. The van der Waals surface area contributed by atoms with Gasteiger partial charge in [-0.1, -0.05) is 0 Å². The summed E-state index contributed by atoms with van der Waals surface area (Å²) in [4.78, 5) is 2.47. The van der Waals surface area contributed by atoms with E-state index in [4.69, 9.17) is 11.6 Å². The molecule has 2 rings (SSSR count). The molecule has 1 heterocycles. The van der Waals surface area contributed by atoms with Gasteiger partial charge in [0.1, 0.15) is 0 Å². The number of rotatable bonds is 1. The number of hydrogen-bond donors (Lipinski definition) is 2. The summed E-state index contributed by atoms with van der Waals surface area (Å²) in [5.41, 5.74) is 7.02. The highest BCUT2D eigenvalue weighted by Crippen LogP contribution is 2.30. The second kappa shape index (κ2) is 2.79. The Kier molecular flexibility index (Phi) is 1.77. The molecule has 0 saturated heterocycles. The average molecular weight is 181 g/mol. The summed E-state index contributed by atoms with van der Waals surface area (Å²) in [5, 5.41) is 3.48. The molecule has 0 atom stereocenters. The minimum Gasteiger partial charge on any atom is -0.381 e. The monoisotopic (exact) mass is 181 g/mol. The van der Waals surface area contributed by atoms with Gasteiger partial charge in [-0.2, -0.15) is 5.10 Å². The lowest BCUT2D eigenvalue weighted by molar-refractivity contribution is 0.914. The van der Waals surface area contributed by atoms with Gasteiger partial charge >= 0.3 is 0 Å². The van der Waals surface area contributed by atoms with Crippen molar-refractivity contribution in [2.24, 2.45) is 16.7 Å². The van der Waals surface area contributed by atoms with E-state index >= 15 is 0 Å². The zero-order valence-corrected chi connectivity index (χ0v) is 7.53. The molecule has 0 radical (unpaired) electrons. The first-order valence-corrected chi connectivity index (χ1v) is 4.78. The van der Waals surface area contributed by atoms with E-state index in [-0.39, 0.29) is 0 Å². The van der Waals surface area contributed by atoms with Crippen LogP contribution in [0.5, 0.6) is 0 Å². The third-order valence-electron chi connectivity index (χ3n) is 2.14. The lowest BCUT2D eigenvalue weighted by Crippen LogP contribution is -2.13. The van der Waals surface area contributed by atoms with Crippen LogP contribution in [0.4, 0.5) is 0 Å². The van der Waals surface area contributed by atoms with Crippen molar-refractivity contribution in [2.45, 2.75) is 19.3 Å². The molecule has 64 valence electrons. The van der Waals surface area contributed by atoms with Crippen LogP contribution in [-0.2, 0) is 12.8 Å². The maximum atomic E-state index is 5.59. The molecule has 0 fully saturated rings. The summed E-state index contributed by atoms with van der Waals surface area (Å²) in [6.45, 7) is 0. The Morgan fingerprint density at radius 2 is 2.33 bits per heavy atom. The van der Waals surface area contributed by atoms with Gasteiger partial charge in [0.2, 0.25) is 0 Å². The Hall–Kier alpha value is -1.03. The van der Waals surface area contributed by atoms with E-state index in [0.29, 0.717) is 5.84 Å². The molecule has 0 spiro atoms. The Bertz CT molecular complexity index is 306. The van der Waals surface area contributed by atoms with Crippen molar-refractivity contribution in [3.05, 3.63) is 21.4 Å². The van der Waals surface area contributed by atoms with Crippen LogP contribution in [0.2, 0.25) is 0 Å². The molecule has 12 heavy (non-hydrogen) atoms. The van der Waals surface area contributed by atoms with E-state index in [2.05, 4.69) is 11.2 Å². The van der Waals surface area contributed by atoms with E-state index in [1.165, 1.54) is 29.7 Å². The number of aryl methyl sites for hydroxylation is 2. The average Bonchev–Trinajstić information content (AvgIpc) is 2.60. The molecule has 0 unspecified atom stereocenters. The summed E-state index contributed by atoms with van der Waals surface area (Å²) in [5.74, 6) is 5.55. The van der Waals surface area contributed by atoms with Crippen LogP contribution in [-0.4, -0.2) is 5.84 Å². The minimum atomic E-state index is 0.453. The zero-order valence-electron chi connectivity index (χ0n) is 6.71. The second-order valence-electron chi connectivity index (χ2n) is 2.93. The van der Waals surface area contributed by atoms with Crippen LogP contribution in [0.15, 0.2) is 11.2 Å². The van der Waals surface area contributed by atoms with Crippen LogP contribution >= 0.6 is 11.3 Å². The highest BCUT2D eigenvalue weighted by molar-refractivity contribution is 7.14. The van der Waals surface area contributed by atoms with Crippen LogP contribution < -0.4 is 11.6 Å². The van der Waals surface area contributed by atoms with E-state index in [0.717, 1.165) is 4.88 Å². The van der Waals surface area contributed by atoms with E-state index < -0.39 is 0 Å². The van der Waals surface area contributed by atoms with Gasteiger partial charge in [0, 0.05) is 4.88 Å². The second-order valence-corrected chi connectivity index (χ2v) is 4.06. The van der Waals surface area contributed by atoms with Crippen molar-refractivity contribution >= 4 is 17.2 Å². The van der Waals surface area contributed by atoms with Crippen molar-refractivity contribution in [2.75, 3.05) is 0 Å². The summed E-state index contributed by atoms with van der Waals surface area (Å²) in [7, 11) is 0. The molecule has 0 saturated carbocycles. The normalized spacial score (nSPS) is 16.5. The largest absolute Gasteiger partial charge is 0.381 e. The quantitative estimate of drug-likeness (QED) is 0.291. The number of fused-ring (bicyclic) bond motifs is 1. The Morgan fingerprint density at radius 1 is 1.50 bits per heavy atom. The highest BCUT2D eigenvalue weighted by atomic mass is 32.1. The van der Waals surface area contributed by atoms with E-state index in [1.807, 2.05) is 0 Å². The van der Waals surface area contributed by atoms with Gasteiger partial charge in [0.15, 0.2) is 5.84 Å². The van der Waals surface area contributed by atoms with Crippen molar-refractivity contribution in [1.29, 1.82) is 0 Å². The fourth-order valence-corrected chi connectivity index (χ4v) is 2.68. The van der Waals surface area contributed by atoms with Crippen LogP contribution in [0.1, 0.15) is 21.7 Å². The first-order chi connectivity index (χ1) is 5.81. The molecule has 0 bridgehead atoms. The smallest absolute Gasteiger partial charge is 0.160 e. The standard InChI is InChI=1S/C8H11N3S/c9-8(11-10)7-4-5-2-1-3-6(5)12-7/h4H,1-3,10H2,(H2,9,11). The maximum Gasteiger partial charge on any atom is 0.160 e. The molecule has 1 aromatic heterocycles. The predicted octanol–water partition coefficient (Wildman–Crippen LogP) is 0.816. The zero-order chi connectivity index (χ0) is 8.55. The third-order valence-corrected chi connectivity index (χ3v) is 3.40. The van der Waals surface area contributed by atoms with Gasteiger partial charge in [0.25, 0.3) is 0 Å². The molecule has 1 aliphatic rings. The molecular weight excluding hydrogens is 170 g/mol. The lowest BCUT2D eigenvalue weighted by Gasteiger charge is -1.91. The summed E-state index contributed by atoms with van der Waals surface area (Å²) in [6, 6.07) is 2.11. The van der Waals surface area contributed by atoms with Crippen LogP contribution in [0.3, 0.4) is 0 Å². The molecule has 4 heteroatoms. The van der Waals surface area contributed by atoms with Crippen molar-refractivity contribution in [3.8, 4) is 0 Å². The van der Waals surface area contributed by atoms with Gasteiger partial charge in [-0.3, -0.25) is 0 Å². The van der Waals surface area contributed by atoms with Crippen LogP contribution in [0.25, 0.3) is 0 Å². The van der Waals surface area contributed by atoms with Crippen LogP contribution in [0, 0.1) is 0 Å². The molecule has 3 nitrogen and oxygen atoms in total. The lowest BCUT2D eigenvalue weighted by atomic mass is 10.2. The molecule has 4 N–H and O–H groups in total. The Morgan fingerprint density at radius 3 is 3.00 bits per heavy atom. The summed E-state index contributed by atoms with van der Waals surface area (Å²) >= 11 is 1.72. The van der Waals surface area contributed by atoms with Gasteiger partial charge < -0.3 is 11.6 Å². The molecule has 0 aliphatic heterocycles. The Labute approximate surface area is 75.1 Å². The van der Waals surface area contributed by atoms with E-state index in [1.54, 1.807) is 11.3 Å². The molecule has 1 aliphatic carbocycles. The van der Waals surface area contributed by atoms with Crippen molar-refractivity contribution < 1.29 is 0 Å². The minimum absolute atomic E-state index is 0.453. The number of amidine groups is 1. The first kappa shape index (κ1) is 7.61. The number of thiophene rings is 1. The Balaban J connectivity index is 2.37. The molecule has 0 amide bonds. The SMILES string of the molecule is NN=C(N)c1cc2c(s1)CCC2. The third kappa shape index (κ3) is 1.08. The topological polar surface area (TPSA) is 64.4 Å². The summed E-state index contributed by atoms with van der Waals surface area (Å²) in [6.07, 6.45) is 3.66. The number of nitrogens with two attached hydrogens (primary N) is 2. The van der Waals surface area contributed by atoms with Gasteiger partial charge in [-0.25, -0.2) is 0 Å². The fraction of sp³-hybridized carbons (Fsp3) is 0.375. The molecule has 1 aromatic rings. The van der Waals surface area contributed by atoms with E-state index in [9.17, 15) is 0 Å². The fourth-order valence-electron chi connectivity index (χ4n) is 1.52. The van der Waals surface area contributed by atoms with Gasteiger partial charge in [-0.15, -0.1) is 11.3 Å². The predicted molar refractivity (Wildman–Crippen MR) is 51.3 cm³/mol. The number of hydrazone groups is 1. The number of hydrogen-bond acceptors (Lipinski definition) is 3. The molecular formula is C8H11N3S.